The number of aromatic nitrogens is 2. The summed E-state index contributed by atoms with van der Waals surface area (Å²) in [6, 6.07) is 4.11. The number of hydrogen-bond acceptors (Lipinski definition) is 3. The Balaban J connectivity index is 2.14. The standard InChI is InChI=1S/C13H15N3S/c1-4-13(2,3)14-8-10-9-15-16-12(10)11-6-5-7-17-11/h1,5-7,9,14H,8H2,2-3H3,(H,15,16). The highest BCUT2D eigenvalue weighted by atomic mass is 32.1. The van der Waals surface area contributed by atoms with Gasteiger partial charge < -0.3 is 0 Å². The lowest BCUT2D eigenvalue weighted by atomic mass is 10.1. The fourth-order valence-corrected chi connectivity index (χ4v) is 2.20. The quantitative estimate of drug-likeness (QED) is 0.813. The lowest BCUT2D eigenvalue weighted by Gasteiger charge is -2.19. The van der Waals surface area contributed by atoms with Crippen molar-refractivity contribution in [3.63, 3.8) is 0 Å². The van der Waals surface area contributed by atoms with Gasteiger partial charge in [-0.3, -0.25) is 10.4 Å². The van der Waals surface area contributed by atoms with Gasteiger partial charge in [-0.05, 0) is 25.3 Å². The summed E-state index contributed by atoms with van der Waals surface area (Å²) >= 11 is 1.69. The molecule has 2 aromatic heterocycles. The van der Waals surface area contributed by atoms with E-state index in [9.17, 15) is 0 Å². The lowest BCUT2D eigenvalue weighted by Crippen LogP contribution is -2.36. The highest BCUT2D eigenvalue weighted by molar-refractivity contribution is 7.13. The molecule has 17 heavy (non-hydrogen) atoms. The average Bonchev–Trinajstić information content (AvgIpc) is 2.96. The molecular formula is C13H15N3S. The van der Waals surface area contributed by atoms with Gasteiger partial charge >= 0.3 is 0 Å². The Kier molecular flexibility index (Phi) is 3.32. The van der Waals surface area contributed by atoms with E-state index in [1.54, 1.807) is 11.3 Å². The number of thiophene rings is 1. The molecule has 0 aliphatic heterocycles. The van der Waals surface area contributed by atoms with Crippen LogP contribution < -0.4 is 5.32 Å². The van der Waals surface area contributed by atoms with Crippen LogP contribution in [0, 0.1) is 12.3 Å². The third-order valence-electron chi connectivity index (χ3n) is 2.57. The number of nitrogens with one attached hydrogen (secondary N) is 2. The van der Waals surface area contributed by atoms with E-state index < -0.39 is 0 Å². The molecule has 2 rings (SSSR count). The summed E-state index contributed by atoms with van der Waals surface area (Å²) in [5.74, 6) is 2.72. The molecule has 4 heteroatoms. The number of aromatic amines is 1. The van der Waals surface area contributed by atoms with Gasteiger partial charge in [-0.15, -0.1) is 17.8 Å². The van der Waals surface area contributed by atoms with E-state index in [2.05, 4.69) is 32.9 Å². The van der Waals surface area contributed by atoms with E-state index in [1.807, 2.05) is 26.1 Å². The molecule has 0 aliphatic rings. The fraction of sp³-hybridized carbons (Fsp3) is 0.308. The van der Waals surface area contributed by atoms with Crippen LogP contribution in [0.1, 0.15) is 19.4 Å². The zero-order valence-corrected chi connectivity index (χ0v) is 10.8. The zero-order chi connectivity index (χ0) is 12.3. The average molecular weight is 245 g/mol. The minimum atomic E-state index is -0.302. The first-order valence-electron chi connectivity index (χ1n) is 5.41. The molecule has 0 radical (unpaired) electrons. The normalized spacial score (nSPS) is 11.4. The van der Waals surface area contributed by atoms with Crippen LogP contribution in [-0.4, -0.2) is 15.7 Å². The van der Waals surface area contributed by atoms with Crippen molar-refractivity contribution >= 4 is 11.3 Å². The highest BCUT2D eigenvalue weighted by Gasteiger charge is 2.15. The van der Waals surface area contributed by atoms with Crippen molar-refractivity contribution < 1.29 is 0 Å². The van der Waals surface area contributed by atoms with Gasteiger partial charge in [0.05, 0.1) is 22.3 Å². The monoisotopic (exact) mass is 245 g/mol. The van der Waals surface area contributed by atoms with Crippen LogP contribution in [0.5, 0.6) is 0 Å². The van der Waals surface area contributed by atoms with E-state index in [4.69, 9.17) is 6.42 Å². The van der Waals surface area contributed by atoms with Gasteiger partial charge in [0.25, 0.3) is 0 Å². The van der Waals surface area contributed by atoms with Crippen LogP contribution in [0.3, 0.4) is 0 Å². The molecule has 0 bridgehead atoms. The molecule has 0 saturated carbocycles. The summed E-state index contributed by atoms with van der Waals surface area (Å²) in [5, 5.41) is 12.5. The van der Waals surface area contributed by atoms with E-state index in [-0.39, 0.29) is 5.54 Å². The predicted molar refractivity (Wildman–Crippen MR) is 71.7 cm³/mol. The Hall–Kier alpha value is -1.57. The van der Waals surface area contributed by atoms with E-state index >= 15 is 0 Å². The molecular weight excluding hydrogens is 230 g/mol. The van der Waals surface area contributed by atoms with Crippen molar-refractivity contribution in [1.82, 2.24) is 15.5 Å². The summed E-state index contributed by atoms with van der Waals surface area (Å²) in [6.45, 7) is 4.68. The molecule has 2 aromatic rings. The Morgan fingerprint density at radius 2 is 2.41 bits per heavy atom. The number of hydrogen-bond donors (Lipinski definition) is 2. The summed E-state index contributed by atoms with van der Waals surface area (Å²) in [4.78, 5) is 1.19. The van der Waals surface area contributed by atoms with Crippen molar-refractivity contribution in [1.29, 1.82) is 0 Å². The van der Waals surface area contributed by atoms with Crippen LogP contribution in [0.4, 0.5) is 0 Å². The second kappa shape index (κ2) is 4.74. The minimum Gasteiger partial charge on any atom is -0.297 e. The van der Waals surface area contributed by atoms with E-state index in [1.165, 1.54) is 4.88 Å². The van der Waals surface area contributed by atoms with Gasteiger partial charge in [0.15, 0.2) is 0 Å². The zero-order valence-electron chi connectivity index (χ0n) is 9.95. The largest absolute Gasteiger partial charge is 0.297 e. The molecule has 2 N–H and O–H groups in total. The number of H-pyrrole nitrogens is 1. The van der Waals surface area contributed by atoms with Crippen molar-refractivity contribution in [2.45, 2.75) is 25.9 Å². The molecule has 0 aromatic carbocycles. The van der Waals surface area contributed by atoms with Crippen LogP contribution in [0.15, 0.2) is 23.7 Å². The molecule has 0 spiro atoms. The van der Waals surface area contributed by atoms with Gasteiger partial charge in [-0.25, -0.2) is 0 Å². The second-order valence-corrected chi connectivity index (χ2v) is 5.32. The van der Waals surface area contributed by atoms with Crippen molar-refractivity contribution in [2.75, 3.05) is 0 Å². The maximum Gasteiger partial charge on any atom is 0.0794 e. The van der Waals surface area contributed by atoms with Gasteiger partial charge in [0.2, 0.25) is 0 Å². The number of rotatable bonds is 4. The van der Waals surface area contributed by atoms with Crippen molar-refractivity contribution in [2.24, 2.45) is 0 Å². The predicted octanol–water partition coefficient (Wildman–Crippen LogP) is 2.64. The Morgan fingerprint density at radius 1 is 1.59 bits per heavy atom. The van der Waals surface area contributed by atoms with E-state index in [0.717, 1.165) is 11.3 Å². The summed E-state index contributed by atoms with van der Waals surface area (Å²) in [7, 11) is 0. The third-order valence-corrected chi connectivity index (χ3v) is 3.45. The summed E-state index contributed by atoms with van der Waals surface area (Å²) in [6.07, 6.45) is 7.29. The first-order valence-corrected chi connectivity index (χ1v) is 6.29. The fourth-order valence-electron chi connectivity index (χ4n) is 1.45. The molecule has 0 aliphatic carbocycles. The van der Waals surface area contributed by atoms with Crippen molar-refractivity contribution in [3.8, 4) is 22.9 Å². The first-order chi connectivity index (χ1) is 8.12. The molecule has 88 valence electrons. The minimum absolute atomic E-state index is 0.302. The van der Waals surface area contributed by atoms with Gasteiger partial charge in [-0.2, -0.15) is 5.10 Å². The molecule has 0 amide bonds. The SMILES string of the molecule is C#CC(C)(C)NCc1cn[nH]c1-c1cccs1. The van der Waals surface area contributed by atoms with Gasteiger partial charge in [0.1, 0.15) is 0 Å². The van der Waals surface area contributed by atoms with Crippen molar-refractivity contribution in [3.05, 3.63) is 29.3 Å². The maximum atomic E-state index is 5.44. The highest BCUT2D eigenvalue weighted by Crippen LogP contribution is 2.25. The number of terminal acetylenes is 1. The maximum absolute atomic E-state index is 5.44. The Morgan fingerprint density at radius 3 is 3.06 bits per heavy atom. The number of nitrogens with zero attached hydrogens (tertiary/aromatic N) is 1. The molecule has 3 nitrogen and oxygen atoms in total. The van der Waals surface area contributed by atoms with Crippen LogP contribution >= 0.6 is 11.3 Å². The Bertz CT molecular complexity index is 517. The molecule has 0 atom stereocenters. The Labute approximate surface area is 105 Å². The molecule has 0 unspecified atom stereocenters. The smallest absolute Gasteiger partial charge is 0.0794 e. The third kappa shape index (κ3) is 2.76. The van der Waals surface area contributed by atoms with E-state index in [0.29, 0.717) is 6.54 Å². The molecule has 2 heterocycles. The summed E-state index contributed by atoms with van der Waals surface area (Å²) in [5.41, 5.74) is 1.90. The van der Waals surface area contributed by atoms with Crippen LogP contribution in [0.2, 0.25) is 0 Å². The van der Waals surface area contributed by atoms with Gasteiger partial charge in [0, 0.05) is 12.1 Å². The first kappa shape index (κ1) is 11.9. The molecule has 0 saturated heterocycles. The van der Waals surface area contributed by atoms with Gasteiger partial charge in [-0.1, -0.05) is 12.0 Å². The second-order valence-electron chi connectivity index (χ2n) is 4.37. The topological polar surface area (TPSA) is 40.7 Å². The van der Waals surface area contributed by atoms with Crippen LogP contribution in [-0.2, 0) is 6.54 Å². The van der Waals surface area contributed by atoms with Crippen LogP contribution in [0.25, 0.3) is 10.6 Å². The summed E-state index contributed by atoms with van der Waals surface area (Å²) < 4.78 is 0. The molecule has 0 fully saturated rings. The lowest BCUT2D eigenvalue weighted by molar-refractivity contribution is 0.491.